The SMILES string of the molecule is C=C(C1CC1OCC)N1CCN(c2nc(C3CC3)c(-c3cccc4cnccc34)cc2C#N)CC1C1CC1. The summed E-state index contributed by atoms with van der Waals surface area (Å²) < 4.78 is 5.88. The van der Waals surface area contributed by atoms with Crippen LogP contribution in [0.25, 0.3) is 21.9 Å². The number of nitrogens with zero attached hydrogens (tertiary/aromatic N) is 5. The molecule has 194 valence electrons. The van der Waals surface area contributed by atoms with Gasteiger partial charge in [-0.05, 0) is 68.0 Å². The summed E-state index contributed by atoms with van der Waals surface area (Å²) in [6.45, 7) is 10.1. The summed E-state index contributed by atoms with van der Waals surface area (Å²) in [5.41, 5.74) is 5.33. The van der Waals surface area contributed by atoms with Crippen LogP contribution in [0, 0.1) is 23.2 Å². The summed E-state index contributed by atoms with van der Waals surface area (Å²) in [6, 6.07) is 13.5. The Balaban J connectivity index is 1.22. The van der Waals surface area contributed by atoms with E-state index in [0.717, 1.165) is 66.1 Å². The van der Waals surface area contributed by atoms with E-state index in [1.807, 2.05) is 12.4 Å². The Hall–Kier alpha value is -3.43. The van der Waals surface area contributed by atoms with Crippen molar-refractivity contribution in [2.45, 2.75) is 57.1 Å². The van der Waals surface area contributed by atoms with E-state index in [9.17, 15) is 5.26 Å². The molecule has 3 saturated carbocycles. The lowest BCUT2D eigenvalue weighted by molar-refractivity contribution is 0.116. The van der Waals surface area contributed by atoms with Crippen LogP contribution in [-0.4, -0.2) is 53.3 Å². The van der Waals surface area contributed by atoms with Crippen molar-refractivity contribution in [3.63, 3.8) is 0 Å². The first-order valence-electron chi connectivity index (χ1n) is 14.3. The summed E-state index contributed by atoms with van der Waals surface area (Å²) in [5.74, 6) is 2.51. The fourth-order valence-electron chi connectivity index (χ4n) is 6.46. The third-order valence-corrected chi connectivity index (χ3v) is 8.88. The van der Waals surface area contributed by atoms with Crippen molar-refractivity contribution in [3.05, 3.63) is 66.3 Å². The predicted octanol–water partition coefficient (Wildman–Crippen LogP) is 5.89. The molecule has 4 fully saturated rings. The van der Waals surface area contributed by atoms with Gasteiger partial charge in [-0.15, -0.1) is 0 Å². The van der Waals surface area contributed by atoms with Crippen LogP contribution in [0.15, 0.2) is 55.0 Å². The van der Waals surface area contributed by atoms with Crippen LogP contribution in [0.2, 0.25) is 0 Å². The normalized spacial score (nSPS) is 24.9. The highest BCUT2D eigenvalue weighted by Gasteiger charge is 2.47. The molecule has 1 aromatic carbocycles. The van der Waals surface area contributed by atoms with Crippen molar-refractivity contribution in [1.82, 2.24) is 14.9 Å². The Bertz CT molecular complexity index is 1430. The second-order valence-electron chi connectivity index (χ2n) is 11.5. The highest BCUT2D eigenvalue weighted by Crippen LogP contribution is 2.48. The van der Waals surface area contributed by atoms with Gasteiger partial charge >= 0.3 is 0 Å². The molecule has 3 heterocycles. The van der Waals surface area contributed by atoms with Crippen molar-refractivity contribution in [1.29, 1.82) is 5.26 Å². The maximum Gasteiger partial charge on any atom is 0.147 e. The van der Waals surface area contributed by atoms with Crippen LogP contribution in [-0.2, 0) is 4.74 Å². The summed E-state index contributed by atoms with van der Waals surface area (Å²) in [7, 11) is 0. The summed E-state index contributed by atoms with van der Waals surface area (Å²) in [6.07, 6.45) is 10.1. The molecule has 3 unspecified atom stereocenters. The van der Waals surface area contributed by atoms with Gasteiger partial charge in [-0.1, -0.05) is 24.8 Å². The molecule has 1 saturated heterocycles. The number of piperazine rings is 1. The molecule has 6 nitrogen and oxygen atoms in total. The van der Waals surface area contributed by atoms with Gasteiger partial charge in [0.05, 0.1) is 17.4 Å². The lowest BCUT2D eigenvalue weighted by Gasteiger charge is -2.45. The summed E-state index contributed by atoms with van der Waals surface area (Å²) in [4.78, 5) is 14.6. The number of fused-ring (bicyclic) bond motifs is 1. The van der Waals surface area contributed by atoms with Gasteiger partial charge in [0.2, 0.25) is 0 Å². The Morgan fingerprint density at radius 2 is 2.03 bits per heavy atom. The number of rotatable bonds is 8. The predicted molar refractivity (Wildman–Crippen MR) is 150 cm³/mol. The average Bonchev–Trinajstić information content (AvgIpc) is 3.81. The third kappa shape index (κ3) is 4.23. The molecular formula is C32H35N5O. The van der Waals surface area contributed by atoms with E-state index in [2.05, 4.69) is 64.7 Å². The van der Waals surface area contributed by atoms with Gasteiger partial charge in [-0.25, -0.2) is 4.98 Å². The lowest BCUT2D eigenvalue weighted by Crippen LogP contribution is -2.54. The first kappa shape index (κ1) is 23.7. The number of benzene rings is 1. The van der Waals surface area contributed by atoms with Crippen LogP contribution in [0.1, 0.15) is 56.2 Å². The molecule has 0 spiro atoms. The minimum atomic E-state index is 0.343. The van der Waals surface area contributed by atoms with Crippen molar-refractivity contribution >= 4 is 16.6 Å². The molecule has 3 atom stereocenters. The number of ether oxygens (including phenoxy) is 1. The highest BCUT2D eigenvalue weighted by molar-refractivity contribution is 5.97. The van der Waals surface area contributed by atoms with E-state index >= 15 is 0 Å². The molecule has 3 aromatic rings. The number of anilines is 1. The fraction of sp³-hybridized carbons (Fsp3) is 0.469. The Morgan fingerprint density at radius 3 is 2.79 bits per heavy atom. The first-order valence-corrected chi connectivity index (χ1v) is 14.3. The van der Waals surface area contributed by atoms with Gasteiger partial charge < -0.3 is 14.5 Å². The number of pyridine rings is 2. The minimum Gasteiger partial charge on any atom is -0.378 e. The zero-order chi connectivity index (χ0) is 25.8. The zero-order valence-corrected chi connectivity index (χ0v) is 22.1. The van der Waals surface area contributed by atoms with E-state index in [4.69, 9.17) is 9.72 Å². The van der Waals surface area contributed by atoms with Crippen molar-refractivity contribution < 1.29 is 4.74 Å². The van der Waals surface area contributed by atoms with Gasteiger partial charge in [-0.2, -0.15) is 5.26 Å². The second-order valence-corrected chi connectivity index (χ2v) is 11.5. The molecule has 0 radical (unpaired) electrons. The average molecular weight is 506 g/mol. The van der Waals surface area contributed by atoms with Crippen LogP contribution in [0.5, 0.6) is 0 Å². The number of aromatic nitrogens is 2. The van der Waals surface area contributed by atoms with Crippen LogP contribution >= 0.6 is 0 Å². The second kappa shape index (κ2) is 9.39. The molecule has 38 heavy (non-hydrogen) atoms. The monoisotopic (exact) mass is 505 g/mol. The fourth-order valence-corrected chi connectivity index (χ4v) is 6.46. The molecule has 2 aromatic heterocycles. The van der Waals surface area contributed by atoms with Gasteiger partial charge in [0.1, 0.15) is 11.9 Å². The van der Waals surface area contributed by atoms with Crippen molar-refractivity contribution in [2.75, 3.05) is 31.1 Å². The van der Waals surface area contributed by atoms with Gasteiger partial charge in [-0.3, -0.25) is 4.98 Å². The van der Waals surface area contributed by atoms with E-state index in [-0.39, 0.29) is 0 Å². The molecule has 0 bridgehead atoms. The van der Waals surface area contributed by atoms with Gasteiger partial charge in [0, 0.05) is 73.2 Å². The molecule has 4 aliphatic rings. The molecular weight excluding hydrogens is 470 g/mol. The summed E-state index contributed by atoms with van der Waals surface area (Å²) >= 11 is 0. The van der Waals surface area contributed by atoms with Crippen LogP contribution in [0.3, 0.4) is 0 Å². The first-order chi connectivity index (χ1) is 18.7. The van der Waals surface area contributed by atoms with E-state index in [0.29, 0.717) is 35.5 Å². The zero-order valence-electron chi connectivity index (χ0n) is 22.1. The standard InChI is InChI=1S/C32H35N5O/c1-3-38-30-16-27(30)20(2)37-14-13-36(19-29(37)21-7-8-21)32-24(17-33)15-28(31(35-32)22-9-10-22)26-6-4-5-23-18-34-12-11-25(23)26/h4-6,11-12,15,18,21-22,27,29-30H,2-3,7-10,13-14,16,19H2,1H3. The van der Waals surface area contributed by atoms with Crippen molar-refractivity contribution in [3.8, 4) is 17.2 Å². The van der Waals surface area contributed by atoms with E-state index in [1.165, 1.54) is 31.4 Å². The molecule has 6 heteroatoms. The highest BCUT2D eigenvalue weighted by atomic mass is 16.5. The third-order valence-electron chi connectivity index (χ3n) is 8.88. The quantitative estimate of drug-likeness (QED) is 0.381. The van der Waals surface area contributed by atoms with Gasteiger partial charge in [0.15, 0.2) is 0 Å². The van der Waals surface area contributed by atoms with Crippen LogP contribution < -0.4 is 4.90 Å². The van der Waals surface area contributed by atoms with E-state index in [1.54, 1.807) is 0 Å². The summed E-state index contributed by atoms with van der Waals surface area (Å²) in [5, 5.41) is 12.6. The smallest absolute Gasteiger partial charge is 0.147 e. The lowest BCUT2D eigenvalue weighted by atomic mass is 9.95. The Morgan fingerprint density at radius 1 is 1.16 bits per heavy atom. The van der Waals surface area contributed by atoms with Gasteiger partial charge in [0.25, 0.3) is 0 Å². The molecule has 3 aliphatic carbocycles. The maximum absolute atomic E-state index is 10.3. The Labute approximate surface area is 224 Å². The number of hydrogen-bond acceptors (Lipinski definition) is 6. The molecule has 7 rings (SSSR count). The minimum absolute atomic E-state index is 0.343. The number of hydrogen-bond donors (Lipinski definition) is 0. The largest absolute Gasteiger partial charge is 0.378 e. The maximum atomic E-state index is 10.3. The molecule has 0 N–H and O–H groups in total. The molecule has 1 aliphatic heterocycles. The number of nitriles is 1. The molecule has 0 amide bonds. The van der Waals surface area contributed by atoms with Crippen LogP contribution in [0.4, 0.5) is 5.82 Å². The Kier molecular flexibility index (Phi) is 5.85. The topological polar surface area (TPSA) is 65.3 Å². The van der Waals surface area contributed by atoms with Crippen molar-refractivity contribution in [2.24, 2.45) is 11.8 Å². The van der Waals surface area contributed by atoms with E-state index < -0.39 is 0 Å².